The van der Waals surface area contributed by atoms with Gasteiger partial charge in [-0.25, -0.2) is 0 Å². The zero-order valence-corrected chi connectivity index (χ0v) is 50.9. The second kappa shape index (κ2) is 30.2. The second-order valence-corrected chi connectivity index (χ2v) is 29.3. The van der Waals surface area contributed by atoms with Gasteiger partial charge in [0.25, 0.3) is 0 Å². The first-order chi connectivity index (χ1) is 34.6. The first kappa shape index (κ1) is 81.9. The fourth-order valence-electron chi connectivity index (χ4n) is 19.1. The Labute approximate surface area is 511 Å². The molecule has 0 N–H and O–H groups in total. The molecular weight excluding hydrogens is 1020 g/mol. The molecule has 8 nitrogen and oxygen atoms in total. The van der Waals surface area contributed by atoms with Crippen molar-refractivity contribution < 1.29 is 38.1 Å². The van der Waals surface area contributed by atoms with Gasteiger partial charge in [0.15, 0.2) is 0 Å². The molecule has 0 aromatic rings. The number of esters is 4. The van der Waals surface area contributed by atoms with Crippen LogP contribution in [-0.4, -0.2) is 46.3 Å². The van der Waals surface area contributed by atoms with Gasteiger partial charge in [-0.15, -0.1) is 0 Å². The fraction of sp³-hybridized carbons (Fsp3) is 0.946. The number of carbonyl (C=O) groups is 4. The molecule has 0 amide bonds. The normalized spacial score (nSPS) is 39.8. The van der Waals surface area contributed by atoms with Crippen LogP contribution in [0.25, 0.3) is 0 Å². The summed E-state index contributed by atoms with van der Waals surface area (Å²) in [4.78, 5) is 48.8. The Kier molecular flexibility index (Phi) is 30.2. The van der Waals surface area contributed by atoms with Crippen LogP contribution in [0.2, 0.25) is 0 Å². The van der Waals surface area contributed by atoms with Crippen LogP contribution in [0.15, 0.2) is 0 Å². The SMILES string of the molecule is C.C.C.C.C.C.C.C.CCC(C)C(=O)OC1(C)CC2CC1C1CCCC21.CCC(C)C(=O)OC1(C)CC2CCC1(C)C2(C)C.CCC(C)C(=O)OC1(CC)CC2CC1C1CCCC21.CCC(C)C(=O)OC1(CC)CC2CCC1(C)C2(C)C. The zero-order valence-electron chi connectivity index (χ0n) is 50.9. The van der Waals surface area contributed by atoms with Crippen LogP contribution in [-0.2, 0) is 38.1 Å². The molecule has 10 aliphatic carbocycles. The smallest absolute Gasteiger partial charge is 0.309 e. The molecule has 20 unspecified atom stereocenters. The van der Waals surface area contributed by atoms with Gasteiger partial charge < -0.3 is 18.9 Å². The molecule has 0 aromatic carbocycles. The quantitative estimate of drug-likeness (QED) is 0.125. The van der Waals surface area contributed by atoms with E-state index >= 15 is 0 Å². The maximum Gasteiger partial charge on any atom is 0.309 e. The van der Waals surface area contributed by atoms with Gasteiger partial charge in [-0.05, 0) is 200 Å². The summed E-state index contributed by atoms with van der Waals surface area (Å²) in [7, 11) is 0. The van der Waals surface area contributed by atoms with Crippen molar-refractivity contribution >= 4 is 23.9 Å². The van der Waals surface area contributed by atoms with Gasteiger partial charge in [0.2, 0.25) is 0 Å². The van der Waals surface area contributed by atoms with E-state index in [0.29, 0.717) is 29.1 Å². The predicted octanol–water partition coefficient (Wildman–Crippen LogP) is 21.8. The zero-order chi connectivity index (χ0) is 54.8. The van der Waals surface area contributed by atoms with Crippen molar-refractivity contribution in [2.24, 2.45) is 105 Å². The van der Waals surface area contributed by atoms with E-state index < -0.39 is 0 Å². The molecule has 10 fully saturated rings. The van der Waals surface area contributed by atoms with Gasteiger partial charge in [0.05, 0.1) is 23.7 Å². The van der Waals surface area contributed by atoms with Gasteiger partial charge in [-0.3, -0.25) is 19.2 Å². The van der Waals surface area contributed by atoms with Crippen LogP contribution in [0.4, 0.5) is 0 Å². The molecule has 488 valence electrons. The molecule has 0 radical (unpaired) electrons. The van der Waals surface area contributed by atoms with E-state index in [4.69, 9.17) is 18.9 Å². The third-order valence-electron chi connectivity index (χ3n) is 26.1. The van der Waals surface area contributed by atoms with Gasteiger partial charge in [-0.2, -0.15) is 0 Å². The molecule has 10 aliphatic rings. The van der Waals surface area contributed by atoms with Crippen molar-refractivity contribution in [1.29, 1.82) is 0 Å². The van der Waals surface area contributed by atoms with Crippen LogP contribution in [0.1, 0.15) is 325 Å². The van der Waals surface area contributed by atoms with Crippen LogP contribution in [0.3, 0.4) is 0 Å². The van der Waals surface area contributed by atoms with E-state index in [9.17, 15) is 19.2 Å². The number of carbonyl (C=O) groups excluding carboxylic acids is 4. The van der Waals surface area contributed by atoms with Crippen molar-refractivity contribution in [1.82, 2.24) is 0 Å². The molecule has 8 bridgehead atoms. The van der Waals surface area contributed by atoms with E-state index in [0.717, 1.165) is 99.7 Å². The monoisotopic (exact) mass is 1160 g/mol. The molecule has 10 saturated carbocycles. The van der Waals surface area contributed by atoms with Crippen molar-refractivity contribution in [2.75, 3.05) is 0 Å². The highest BCUT2D eigenvalue weighted by Crippen LogP contribution is 2.73. The number of hydrogen-bond donors (Lipinski definition) is 0. The Balaban J connectivity index is 0. The highest BCUT2D eigenvalue weighted by atomic mass is 16.6. The van der Waals surface area contributed by atoms with Crippen molar-refractivity contribution in [3.63, 3.8) is 0 Å². The lowest BCUT2D eigenvalue weighted by Crippen LogP contribution is -2.50. The molecule has 0 spiro atoms. The molecule has 20 atom stereocenters. The summed E-state index contributed by atoms with van der Waals surface area (Å²) in [6, 6.07) is 0. The molecule has 10 rings (SSSR count). The van der Waals surface area contributed by atoms with Gasteiger partial charge in [0, 0.05) is 22.7 Å². The van der Waals surface area contributed by atoms with E-state index in [1.54, 1.807) is 0 Å². The second-order valence-electron chi connectivity index (χ2n) is 29.3. The first-order valence-corrected chi connectivity index (χ1v) is 31.5. The van der Waals surface area contributed by atoms with E-state index in [1.165, 1.54) is 77.0 Å². The summed E-state index contributed by atoms with van der Waals surface area (Å²) < 4.78 is 24.2. The maximum atomic E-state index is 12.3. The Morgan fingerprint density at radius 3 is 1.18 bits per heavy atom. The van der Waals surface area contributed by atoms with Gasteiger partial charge in [0.1, 0.15) is 22.4 Å². The summed E-state index contributed by atoms with van der Waals surface area (Å²) in [5, 5.41) is 0. The first-order valence-electron chi connectivity index (χ1n) is 31.5. The Morgan fingerprint density at radius 2 is 0.793 bits per heavy atom. The highest BCUT2D eigenvalue weighted by Gasteiger charge is 2.71. The lowest BCUT2D eigenvalue weighted by Gasteiger charge is -2.47. The van der Waals surface area contributed by atoms with Crippen LogP contribution >= 0.6 is 0 Å². The Bertz CT molecular complexity index is 2010. The van der Waals surface area contributed by atoms with Crippen molar-refractivity contribution in [3.8, 4) is 0 Å². The van der Waals surface area contributed by atoms with Crippen LogP contribution in [0.5, 0.6) is 0 Å². The Hall–Kier alpha value is -2.12. The van der Waals surface area contributed by atoms with Crippen LogP contribution in [0, 0.1) is 105 Å². The molecule has 0 heterocycles. The molecular formula is C74H144O8. The van der Waals surface area contributed by atoms with E-state index in [1.807, 2.05) is 34.6 Å². The molecule has 0 saturated heterocycles. The van der Waals surface area contributed by atoms with Gasteiger partial charge >= 0.3 is 23.9 Å². The number of hydrogen-bond acceptors (Lipinski definition) is 8. The van der Waals surface area contributed by atoms with E-state index in [-0.39, 0.29) is 146 Å². The number of ether oxygens (including phenoxy) is 4. The summed E-state index contributed by atoms with van der Waals surface area (Å²) in [6.07, 6.45) is 25.9. The maximum absolute atomic E-state index is 12.3. The van der Waals surface area contributed by atoms with Crippen molar-refractivity contribution in [3.05, 3.63) is 0 Å². The topological polar surface area (TPSA) is 105 Å². The van der Waals surface area contributed by atoms with Gasteiger partial charge in [-0.1, -0.05) is 183 Å². The molecule has 0 aliphatic heterocycles. The fourth-order valence-corrected chi connectivity index (χ4v) is 19.1. The third kappa shape index (κ3) is 13.6. The minimum absolute atomic E-state index is 0. The largest absolute Gasteiger partial charge is 0.459 e. The minimum atomic E-state index is -0.264. The number of fused-ring (bicyclic) bond motifs is 14. The Morgan fingerprint density at radius 1 is 0.415 bits per heavy atom. The van der Waals surface area contributed by atoms with E-state index in [2.05, 4.69) is 90.0 Å². The van der Waals surface area contributed by atoms with Crippen molar-refractivity contribution in [2.45, 2.75) is 348 Å². The van der Waals surface area contributed by atoms with Crippen LogP contribution < -0.4 is 0 Å². The summed E-state index contributed by atoms with van der Waals surface area (Å²) in [5.74, 6) is 8.32. The molecule has 8 heteroatoms. The average molecular weight is 1160 g/mol. The minimum Gasteiger partial charge on any atom is -0.459 e. The summed E-state index contributed by atoms with van der Waals surface area (Å²) >= 11 is 0. The summed E-state index contributed by atoms with van der Waals surface area (Å²) in [6.45, 7) is 39.0. The predicted molar refractivity (Wildman–Crippen MR) is 351 cm³/mol. The average Bonchev–Trinajstić information content (AvgIpc) is 4.27. The number of rotatable bonds is 14. The molecule has 82 heavy (non-hydrogen) atoms. The molecule has 0 aromatic heterocycles. The summed E-state index contributed by atoms with van der Waals surface area (Å²) in [5.41, 5.74) is 0.125. The lowest BCUT2D eigenvalue weighted by molar-refractivity contribution is -0.184. The lowest BCUT2D eigenvalue weighted by atomic mass is 9.63. The standard InChI is InChI=1S/C17H28O2.C17H30O2.C16H26O2.C16H28O2.8CH4/c1-4-11(3)16(18)19-17(5-2)10-12-9-15(17)14-8-6-7-13(12)14;1-7-12(3)14(18)19-17(8-2)11-13-9-10-16(17,6)15(13,4)5;1-4-10(2)15(17)18-16(3)9-11-8-14(16)13-7-5-6-12(11)13;1-7-11(2)13(17)18-16(6)10-12-8-9-15(16,5)14(12,3)4;;;;;;;;/h11-15H,4-10H2,1-3H3;12-13H,7-11H2,1-6H3;10-14H,4-9H2,1-3H3;11-12H,7-10H2,1-6H3;8*1H4. The third-order valence-corrected chi connectivity index (χ3v) is 26.1. The highest BCUT2D eigenvalue weighted by molar-refractivity contribution is 5.74.